The lowest BCUT2D eigenvalue weighted by molar-refractivity contribution is 0.589. The summed E-state index contributed by atoms with van der Waals surface area (Å²) in [7, 11) is -4.14. The number of pyridine rings is 1. The van der Waals surface area contributed by atoms with Crippen LogP contribution in [0.25, 0.3) is 22.2 Å². The van der Waals surface area contributed by atoms with Crippen molar-refractivity contribution in [3.05, 3.63) is 89.0 Å². The van der Waals surface area contributed by atoms with Crippen molar-refractivity contribution >= 4 is 32.3 Å². The molecule has 0 fully saturated rings. The number of halogens is 3. The second-order valence-corrected chi connectivity index (χ2v) is 8.95. The lowest BCUT2D eigenvalue weighted by Gasteiger charge is -2.13. The molecule has 0 aliphatic rings. The first-order valence-corrected chi connectivity index (χ1v) is 10.5. The smallest absolute Gasteiger partial charge is 0.208 e. The largest absolute Gasteiger partial charge is 0.246 e. The number of hydrogen-bond acceptors (Lipinski definition) is 3. The van der Waals surface area contributed by atoms with E-state index < -0.39 is 21.5 Å². The van der Waals surface area contributed by atoms with Gasteiger partial charge in [0.05, 0.1) is 21.0 Å². The van der Waals surface area contributed by atoms with Gasteiger partial charge in [0, 0.05) is 16.0 Å². The first-order chi connectivity index (χ1) is 13.8. The molecule has 0 amide bonds. The Labute approximate surface area is 171 Å². The summed E-state index contributed by atoms with van der Waals surface area (Å²) < 4.78 is 54.5. The molecule has 0 bridgehead atoms. The quantitative estimate of drug-likeness (QED) is 0.402. The van der Waals surface area contributed by atoms with E-state index in [4.69, 9.17) is 11.6 Å². The van der Waals surface area contributed by atoms with Crippen LogP contribution < -0.4 is 0 Å². The minimum Gasteiger partial charge on any atom is -0.246 e. The van der Waals surface area contributed by atoms with Crippen LogP contribution in [0.1, 0.15) is 5.56 Å². The van der Waals surface area contributed by atoms with Gasteiger partial charge in [-0.2, -0.15) is 0 Å². The number of nitrogens with zero attached hydrogens (tertiary/aromatic N) is 1. The van der Waals surface area contributed by atoms with Crippen LogP contribution in [0.2, 0.25) is 5.02 Å². The molecule has 7 heteroatoms. The number of hydrogen-bond donors (Lipinski definition) is 0. The summed E-state index contributed by atoms with van der Waals surface area (Å²) >= 11 is 6.08. The molecule has 3 nitrogen and oxygen atoms in total. The Morgan fingerprint density at radius 1 is 0.931 bits per heavy atom. The molecule has 1 aromatic heterocycles. The number of benzene rings is 3. The molecule has 0 saturated carbocycles. The summed E-state index contributed by atoms with van der Waals surface area (Å²) in [6.07, 6.45) is 0. The van der Waals surface area contributed by atoms with Crippen molar-refractivity contribution in [2.45, 2.75) is 16.7 Å². The number of rotatable bonds is 3. The van der Waals surface area contributed by atoms with E-state index >= 15 is 0 Å². The molecule has 29 heavy (non-hydrogen) atoms. The summed E-state index contributed by atoms with van der Waals surface area (Å²) in [6, 6.07) is 15.6. The van der Waals surface area contributed by atoms with Crippen LogP contribution in [-0.4, -0.2) is 13.4 Å². The van der Waals surface area contributed by atoms with Gasteiger partial charge in [-0.15, -0.1) is 0 Å². The molecule has 0 atom stereocenters. The number of fused-ring (bicyclic) bond motifs is 1. The maximum absolute atomic E-state index is 14.1. The third kappa shape index (κ3) is 3.61. The second kappa shape index (κ2) is 7.21. The highest BCUT2D eigenvalue weighted by molar-refractivity contribution is 7.91. The Kier molecular flexibility index (Phi) is 4.84. The Balaban J connectivity index is 2.05. The number of sulfone groups is 1. The minimum absolute atomic E-state index is 0.152. The van der Waals surface area contributed by atoms with E-state index in [2.05, 4.69) is 4.98 Å². The highest BCUT2D eigenvalue weighted by atomic mass is 35.5. The van der Waals surface area contributed by atoms with Crippen LogP contribution in [0.3, 0.4) is 0 Å². The minimum atomic E-state index is -4.14. The molecule has 0 unspecified atom stereocenters. The third-order valence-corrected chi connectivity index (χ3v) is 6.58. The van der Waals surface area contributed by atoms with Gasteiger partial charge in [-0.1, -0.05) is 29.8 Å². The van der Waals surface area contributed by atoms with Gasteiger partial charge in [0.2, 0.25) is 9.84 Å². The van der Waals surface area contributed by atoms with E-state index in [0.717, 1.165) is 6.07 Å². The Morgan fingerprint density at radius 2 is 1.72 bits per heavy atom. The van der Waals surface area contributed by atoms with E-state index in [0.29, 0.717) is 27.1 Å². The van der Waals surface area contributed by atoms with Crippen molar-refractivity contribution in [3.8, 4) is 11.3 Å². The van der Waals surface area contributed by atoms with Crippen LogP contribution in [0.15, 0.2) is 76.5 Å². The molecular formula is C22H14ClF2NO2S. The topological polar surface area (TPSA) is 47.0 Å². The fourth-order valence-electron chi connectivity index (χ4n) is 3.04. The Bertz CT molecular complexity index is 1370. The van der Waals surface area contributed by atoms with Gasteiger partial charge in [0.25, 0.3) is 0 Å². The van der Waals surface area contributed by atoms with Crippen molar-refractivity contribution in [1.82, 2.24) is 4.98 Å². The van der Waals surface area contributed by atoms with Gasteiger partial charge >= 0.3 is 0 Å². The molecule has 0 N–H and O–H groups in total. The van der Waals surface area contributed by atoms with E-state index in [1.807, 2.05) is 0 Å². The second-order valence-electron chi connectivity index (χ2n) is 6.60. The predicted molar refractivity (Wildman–Crippen MR) is 109 cm³/mol. The Morgan fingerprint density at radius 3 is 2.45 bits per heavy atom. The first-order valence-electron chi connectivity index (χ1n) is 8.63. The predicted octanol–water partition coefficient (Wildman–Crippen LogP) is 5.97. The summed E-state index contributed by atoms with van der Waals surface area (Å²) in [6.45, 7) is 1.55. The molecule has 0 spiro atoms. The molecule has 1 heterocycles. The van der Waals surface area contributed by atoms with Gasteiger partial charge in [-0.3, -0.25) is 0 Å². The molecule has 0 saturated heterocycles. The molecular weight excluding hydrogens is 416 g/mol. The lowest BCUT2D eigenvalue weighted by atomic mass is 10.1. The third-order valence-electron chi connectivity index (χ3n) is 4.58. The van der Waals surface area contributed by atoms with E-state index in [9.17, 15) is 17.2 Å². The summed E-state index contributed by atoms with van der Waals surface area (Å²) in [5.41, 5.74) is 1.40. The summed E-state index contributed by atoms with van der Waals surface area (Å²) in [5.74, 6) is -1.14. The van der Waals surface area contributed by atoms with Crippen molar-refractivity contribution in [1.29, 1.82) is 0 Å². The van der Waals surface area contributed by atoms with Crippen LogP contribution in [0.5, 0.6) is 0 Å². The standard InChI is InChI=1S/C22H14ClF2NO2S/c1-13-5-7-18(12-19(13)25)29(27,28)21-11-15-10-17(24)6-8-20(15)26-22(21)14-3-2-4-16(23)9-14/h2-12H,1H3. The summed E-state index contributed by atoms with van der Waals surface area (Å²) in [4.78, 5) is 4.10. The Hall–Kier alpha value is -2.83. The molecule has 146 valence electrons. The molecule has 0 radical (unpaired) electrons. The maximum atomic E-state index is 14.1. The fraction of sp³-hybridized carbons (Fsp3) is 0.0455. The normalized spacial score (nSPS) is 11.7. The lowest BCUT2D eigenvalue weighted by Crippen LogP contribution is -2.07. The van der Waals surface area contributed by atoms with Crippen molar-refractivity contribution < 1.29 is 17.2 Å². The van der Waals surface area contributed by atoms with Crippen LogP contribution in [0.4, 0.5) is 8.78 Å². The summed E-state index contributed by atoms with van der Waals surface area (Å²) in [5, 5.41) is 0.732. The highest BCUT2D eigenvalue weighted by Crippen LogP contribution is 2.34. The van der Waals surface area contributed by atoms with Gasteiger partial charge in [0.1, 0.15) is 11.6 Å². The van der Waals surface area contributed by atoms with E-state index in [-0.39, 0.29) is 15.5 Å². The maximum Gasteiger partial charge on any atom is 0.208 e. The molecule has 4 rings (SSSR count). The first kappa shape index (κ1) is 19.5. The molecule has 4 aromatic rings. The average Bonchev–Trinajstić information content (AvgIpc) is 2.69. The molecule has 0 aliphatic heterocycles. The average molecular weight is 430 g/mol. The number of aromatic nitrogens is 1. The number of aryl methyl sites for hydroxylation is 1. The van der Waals surface area contributed by atoms with E-state index in [1.165, 1.54) is 36.4 Å². The fourth-order valence-corrected chi connectivity index (χ4v) is 4.69. The molecule has 0 aliphatic carbocycles. The van der Waals surface area contributed by atoms with Crippen molar-refractivity contribution in [3.63, 3.8) is 0 Å². The zero-order valence-corrected chi connectivity index (χ0v) is 16.7. The van der Waals surface area contributed by atoms with Gasteiger partial charge < -0.3 is 0 Å². The van der Waals surface area contributed by atoms with Gasteiger partial charge in [-0.05, 0) is 61.0 Å². The van der Waals surface area contributed by atoms with Gasteiger partial charge in [0.15, 0.2) is 0 Å². The van der Waals surface area contributed by atoms with Crippen LogP contribution in [0, 0.1) is 18.6 Å². The van der Waals surface area contributed by atoms with Crippen LogP contribution in [-0.2, 0) is 9.84 Å². The molecule has 3 aromatic carbocycles. The van der Waals surface area contributed by atoms with Crippen LogP contribution >= 0.6 is 11.6 Å². The zero-order chi connectivity index (χ0) is 20.8. The SMILES string of the molecule is Cc1ccc(S(=O)(=O)c2cc3cc(F)ccc3nc2-c2cccc(Cl)c2)cc1F. The van der Waals surface area contributed by atoms with Crippen molar-refractivity contribution in [2.24, 2.45) is 0 Å². The zero-order valence-electron chi connectivity index (χ0n) is 15.2. The van der Waals surface area contributed by atoms with Gasteiger partial charge in [-0.25, -0.2) is 22.2 Å². The van der Waals surface area contributed by atoms with Crippen molar-refractivity contribution in [2.75, 3.05) is 0 Å². The highest BCUT2D eigenvalue weighted by Gasteiger charge is 2.25. The monoisotopic (exact) mass is 429 g/mol. The van der Waals surface area contributed by atoms with E-state index in [1.54, 1.807) is 31.2 Å².